The number of nitrogens with two attached hydrogens (primary N) is 2. The molecule has 1 aliphatic rings. The molecule has 0 radical (unpaired) electrons. The first-order chi connectivity index (χ1) is 9.10. The van der Waals surface area contributed by atoms with E-state index < -0.39 is 0 Å². The van der Waals surface area contributed by atoms with Crippen molar-refractivity contribution in [1.82, 2.24) is 14.9 Å². The van der Waals surface area contributed by atoms with Gasteiger partial charge in [0.1, 0.15) is 11.6 Å². The van der Waals surface area contributed by atoms with E-state index in [9.17, 15) is 4.79 Å². The van der Waals surface area contributed by atoms with E-state index in [1.807, 2.05) is 4.90 Å². The minimum absolute atomic E-state index is 0.105. The van der Waals surface area contributed by atoms with Crippen molar-refractivity contribution in [3.05, 3.63) is 6.07 Å². The molecule has 8 heteroatoms. The van der Waals surface area contributed by atoms with Crippen LogP contribution < -0.4 is 21.9 Å². The van der Waals surface area contributed by atoms with Gasteiger partial charge in [0, 0.05) is 39.2 Å². The topological polar surface area (TPSA) is 113 Å². The van der Waals surface area contributed by atoms with Crippen molar-refractivity contribution in [3.63, 3.8) is 0 Å². The predicted octanol–water partition coefficient (Wildman–Crippen LogP) is -0.597. The summed E-state index contributed by atoms with van der Waals surface area (Å²) in [6, 6.07) is 1.75. The number of aromatic nitrogens is 2. The molecule has 1 aromatic heterocycles. The minimum atomic E-state index is 0.105. The number of carbonyl (C=O) groups excluding carboxylic acids is 1. The van der Waals surface area contributed by atoms with Crippen LogP contribution in [-0.2, 0) is 4.79 Å². The molecule has 19 heavy (non-hydrogen) atoms. The zero-order chi connectivity index (χ0) is 13.8. The van der Waals surface area contributed by atoms with Gasteiger partial charge in [-0.05, 0) is 6.42 Å². The maximum Gasteiger partial charge on any atom is 0.223 e. The number of rotatable bonds is 2. The van der Waals surface area contributed by atoms with Crippen LogP contribution in [0.1, 0.15) is 13.3 Å². The lowest BCUT2D eigenvalue weighted by Crippen LogP contribution is -2.34. The number of anilines is 3. The van der Waals surface area contributed by atoms with Crippen molar-refractivity contribution in [1.29, 1.82) is 0 Å². The van der Waals surface area contributed by atoms with Gasteiger partial charge in [0.05, 0.1) is 0 Å². The first-order valence-corrected chi connectivity index (χ1v) is 6.22. The third-order valence-electron chi connectivity index (χ3n) is 3.14. The molecule has 5 N–H and O–H groups in total. The van der Waals surface area contributed by atoms with E-state index in [0.717, 1.165) is 31.9 Å². The van der Waals surface area contributed by atoms with Crippen LogP contribution in [0.2, 0.25) is 0 Å². The van der Waals surface area contributed by atoms with Gasteiger partial charge in [-0.2, -0.15) is 9.97 Å². The fourth-order valence-corrected chi connectivity index (χ4v) is 2.15. The summed E-state index contributed by atoms with van der Waals surface area (Å²) in [5.41, 5.74) is 8.11. The molecule has 0 unspecified atom stereocenters. The summed E-state index contributed by atoms with van der Waals surface area (Å²) < 4.78 is 0. The van der Waals surface area contributed by atoms with Crippen LogP contribution in [-0.4, -0.2) is 47.0 Å². The number of carbonyl (C=O) groups is 1. The molecular formula is C11H19N7O. The molecule has 0 saturated carbocycles. The third kappa shape index (κ3) is 3.22. The lowest BCUT2D eigenvalue weighted by atomic mass is 10.3. The highest BCUT2D eigenvalue weighted by Crippen LogP contribution is 2.18. The molecule has 2 rings (SSSR count). The van der Waals surface area contributed by atoms with Gasteiger partial charge < -0.3 is 21.0 Å². The third-order valence-corrected chi connectivity index (χ3v) is 3.14. The van der Waals surface area contributed by atoms with Gasteiger partial charge in [-0.3, -0.25) is 4.79 Å². The highest BCUT2D eigenvalue weighted by Gasteiger charge is 2.18. The second-order valence-electron chi connectivity index (χ2n) is 4.46. The lowest BCUT2D eigenvalue weighted by molar-refractivity contribution is -0.128. The monoisotopic (exact) mass is 265 g/mol. The predicted molar refractivity (Wildman–Crippen MR) is 73.3 cm³/mol. The van der Waals surface area contributed by atoms with Gasteiger partial charge in [0.25, 0.3) is 0 Å². The zero-order valence-corrected chi connectivity index (χ0v) is 11.0. The summed E-state index contributed by atoms with van der Waals surface area (Å²) in [5.74, 6) is 6.84. The fraction of sp³-hybridized carbons (Fsp3) is 0.545. The van der Waals surface area contributed by atoms with E-state index in [-0.39, 0.29) is 11.9 Å². The molecule has 0 atom stereocenters. The molecule has 2 heterocycles. The number of nitrogens with one attached hydrogen (secondary N) is 1. The molecule has 1 saturated heterocycles. The Morgan fingerprint density at radius 2 is 2.11 bits per heavy atom. The normalized spacial score (nSPS) is 16.1. The second kappa shape index (κ2) is 5.70. The highest BCUT2D eigenvalue weighted by atomic mass is 16.2. The number of nitrogens with zero attached hydrogens (tertiary/aromatic N) is 4. The SMILES string of the molecule is CC(=O)N1CCCN(c2cc(NN)nc(N)n2)CC1. The maximum absolute atomic E-state index is 11.4. The van der Waals surface area contributed by atoms with Gasteiger partial charge >= 0.3 is 0 Å². The number of hydrogen-bond acceptors (Lipinski definition) is 7. The quantitative estimate of drug-likeness (QED) is 0.483. The van der Waals surface area contributed by atoms with Crippen LogP contribution in [0.15, 0.2) is 6.07 Å². The van der Waals surface area contributed by atoms with Crippen molar-refractivity contribution in [2.45, 2.75) is 13.3 Å². The van der Waals surface area contributed by atoms with Gasteiger partial charge in [-0.25, -0.2) is 5.84 Å². The van der Waals surface area contributed by atoms with Gasteiger partial charge in [-0.1, -0.05) is 0 Å². The Labute approximate surface area is 111 Å². The van der Waals surface area contributed by atoms with E-state index in [2.05, 4.69) is 20.3 Å². The van der Waals surface area contributed by atoms with Crippen LogP contribution in [0.3, 0.4) is 0 Å². The molecule has 0 spiro atoms. The second-order valence-corrected chi connectivity index (χ2v) is 4.46. The summed E-state index contributed by atoms with van der Waals surface area (Å²) in [4.78, 5) is 23.5. The van der Waals surface area contributed by atoms with Crippen LogP contribution in [0, 0.1) is 0 Å². The number of amides is 1. The fourth-order valence-electron chi connectivity index (χ4n) is 2.15. The Kier molecular flexibility index (Phi) is 4.00. The summed E-state index contributed by atoms with van der Waals surface area (Å²) in [5, 5.41) is 0. The van der Waals surface area contributed by atoms with Crippen LogP contribution in [0.5, 0.6) is 0 Å². The van der Waals surface area contributed by atoms with Gasteiger partial charge in [0.2, 0.25) is 11.9 Å². The number of nitrogen functional groups attached to an aromatic ring is 2. The summed E-state index contributed by atoms with van der Waals surface area (Å²) >= 11 is 0. The van der Waals surface area contributed by atoms with E-state index in [1.165, 1.54) is 0 Å². The lowest BCUT2D eigenvalue weighted by Gasteiger charge is -2.22. The molecule has 0 bridgehead atoms. The van der Waals surface area contributed by atoms with Crippen molar-refractivity contribution < 1.29 is 4.79 Å². The molecule has 1 fully saturated rings. The van der Waals surface area contributed by atoms with Crippen molar-refractivity contribution in [2.75, 3.05) is 42.2 Å². The minimum Gasteiger partial charge on any atom is -0.368 e. The molecule has 0 aliphatic carbocycles. The van der Waals surface area contributed by atoms with Gasteiger partial charge in [0.15, 0.2) is 0 Å². The number of hydrazine groups is 1. The molecule has 104 valence electrons. The average Bonchev–Trinajstić information content (AvgIpc) is 2.63. The van der Waals surface area contributed by atoms with Crippen LogP contribution >= 0.6 is 0 Å². The molecular weight excluding hydrogens is 246 g/mol. The smallest absolute Gasteiger partial charge is 0.223 e. The van der Waals surface area contributed by atoms with E-state index >= 15 is 0 Å². The number of hydrogen-bond donors (Lipinski definition) is 3. The molecule has 1 amide bonds. The van der Waals surface area contributed by atoms with E-state index in [4.69, 9.17) is 11.6 Å². The Balaban J connectivity index is 2.13. The standard InChI is InChI=1S/C11H19N7O/c1-8(19)17-3-2-4-18(6-5-17)10-7-9(16-13)14-11(12)15-10/h7H,2-6,13H2,1H3,(H3,12,14,15,16). The van der Waals surface area contributed by atoms with Crippen molar-refractivity contribution in [3.8, 4) is 0 Å². The Morgan fingerprint density at radius 1 is 1.32 bits per heavy atom. The van der Waals surface area contributed by atoms with Crippen molar-refractivity contribution >= 4 is 23.5 Å². The molecule has 1 aliphatic heterocycles. The molecule has 8 nitrogen and oxygen atoms in total. The van der Waals surface area contributed by atoms with E-state index in [1.54, 1.807) is 13.0 Å². The Bertz CT molecular complexity index is 464. The van der Waals surface area contributed by atoms with Gasteiger partial charge in [-0.15, -0.1) is 0 Å². The zero-order valence-electron chi connectivity index (χ0n) is 11.0. The first kappa shape index (κ1) is 13.3. The van der Waals surface area contributed by atoms with Crippen molar-refractivity contribution in [2.24, 2.45) is 5.84 Å². The molecule has 1 aromatic rings. The highest BCUT2D eigenvalue weighted by molar-refractivity contribution is 5.73. The van der Waals surface area contributed by atoms with E-state index in [0.29, 0.717) is 12.4 Å². The van der Waals surface area contributed by atoms with Crippen LogP contribution in [0.25, 0.3) is 0 Å². The molecule has 0 aromatic carbocycles. The summed E-state index contributed by atoms with van der Waals surface area (Å²) in [6.45, 7) is 4.60. The summed E-state index contributed by atoms with van der Waals surface area (Å²) in [6.07, 6.45) is 0.898. The Hall–Kier alpha value is -2.09. The maximum atomic E-state index is 11.4. The van der Waals surface area contributed by atoms with Crippen LogP contribution in [0.4, 0.5) is 17.6 Å². The average molecular weight is 265 g/mol. The largest absolute Gasteiger partial charge is 0.368 e. The summed E-state index contributed by atoms with van der Waals surface area (Å²) in [7, 11) is 0. The first-order valence-electron chi connectivity index (χ1n) is 6.22. The Morgan fingerprint density at radius 3 is 2.79 bits per heavy atom.